The monoisotopic (exact) mass is 434 g/mol. The first-order valence-electron chi connectivity index (χ1n) is 9.72. The molecule has 0 spiro atoms. The fourth-order valence-electron chi connectivity index (χ4n) is 3.42. The molecule has 0 aliphatic rings. The number of nitrogens with zero attached hydrogens (tertiary/aromatic N) is 2. The second-order valence-electron chi connectivity index (χ2n) is 7.25. The van der Waals surface area contributed by atoms with Crippen molar-refractivity contribution in [3.63, 3.8) is 0 Å². The summed E-state index contributed by atoms with van der Waals surface area (Å²) in [6.45, 7) is 5.98. The summed E-state index contributed by atoms with van der Waals surface area (Å²) in [6, 6.07) is 19.5. The van der Waals surface area contributed by atoms with E-state index >= 15 is 0 Å². The first kappa shape index (κ1) is 20.6. The standard InChI is InChI=1S/C24H22N2O2S2/c1-15-17(3)29-22-20(15)23(28)26(14-18-10-6-4-7-11-18)24(25-22)30-21(16(2)27)19-12-8-5-9-13-19/h4-13,21H,14H2,1-3H3. The lowest BCUT2D eigenvalue weighted by Crippen LogP contribution is -2.24. The van der Waals surface area contributed by atoms with Gasteiger partial charge in [-0.25, -0.2) is 4.98 Å². The molecule has 0 bridgehead atoms. The fraction of sp³-hybridized carbons (Fsp3) is 0.208. The topological polar surface area (TPSA) is 52.0 Å². The Bertz CT molecular complexity index is 1260. The van der Waals surface area contributed by atoms with E-state index < -0.39 is 5.25 Å². The Morgan fingerprint density at radius 2 is 1.70 bits per heavy atom. The summed E-state index contributed by atoms with van der Waals surface area (Å²) < 4.78 is 1.71. The van der Waals surface area contributed by atoms with Gasteiger partial charge >= 0.3 is 0 Å². The molecule has 0 amide bonds. The molecule has 4 rings (SSSR count). The molecule has 4 aromatic rings. The molecule has 0 N–H and O–H groups in total. The number of fused-ring (bicyclic) bond motifs is 1. The Morgan fingerprint density at radius 3 is 2.33 bits per heavy atom. The molecule has 6 heteroatoms. The molecule has 4 nitrogen and oxygen atoms in total. The predicted octanol–water partition coefficient (Wildman–Crippen LogP) is 5.55. The minimum Gasteiger partial charge on any atom is -0.298 e. The largest absolute Gasteiger partial charge is 0.298 e. The minimum absolute atomic E-state index is 0.0327. The molecule has 0 aliphatic heterocycles. The SMILES string of the molecule is CC(=O)C(Sc1nc2sc(C)c(C)c2c(=O)n1Cc1ccccc1)c1ccccc1. The molecule has 2 aromatic carbocycles. The average Bonchev–Trinajstić information content (AvgIpc) is 3.03. The van der Waals surface area contributed by atoms with E-state index in [9.17, 15) is 9.59 Å². The van der Waals surface area contributed by atoms with Gasteiger partial charge in [-0.3, -0.25) is 14.2 Å². The highest BCUT2D eigenvalue weighted by Crippen LogP contribution is 2.36. The number of ketones is 1. The third kappa shape index (κ3) is 3.98. The maximum Gasteiger partial charge on any atom is 0.263 e. The van der Waals surface area contributed by atoms with Gasteiger partial charge < -0.3 is 0 Å². The van der Waals surface area contributed by atoms with E-state index in [2.05, 4.69) is 0 Å². The van der Waals surface area contributed by atoms with Gasteiger partial charge in [-0.15, -0.1) is 11.3 Å². The Labute approximate surface area is 183 Å². The second kappa shape index (κ2) is 8.58. The van der Waals surface area contributed by atoms with Gasteiger partial charge in [0, 0.05) is 4.88 Å². The number of benzene rings is 2. The average molecular weight is 435 g/mol. The molecular weight excluding hydrogens is 412 g/mol. The number of hydrogen-bond donors (Lipinski definition) is 0. The quantitative estimate of drug-likeness (QED) is 0.295. The van der Waals surface area contributed by atoms with Crippen LogP contribution in [-0.2, 0) is 11.3 Å². The summed E-state index contributed by atoms with van der Waals surface area (Å²) >= 11 is 2.88. The van der Waals surface area contributed by atoms with Gasteiger partial charge in [0.15, 0.2) is 5.16 Å². The number of thiophene rings is 1. The van der Waals surface area contributed by atoms with Crippen molar-refractivity contribution in [1.82, 2.24) is 9.55 Å². The summed E-state index contributed by atoms with van der Waals surface area (Å²) in [5, 5.41) is 0.832. The van der Waals surface area contributed by atoms with Crippen molar-refractivity contribution >= 4 is 39.1 Å². The molecule has 0 saturated carbocycles. The van der Waals surface area contributed by atoms with Gasteiger partial charge in [0.2, 0.25) is 0 Å². The third-order valence-corrected chi connectivity index (χ3v) is 7.60. The normalized spacial score (nSPS) is 12.2. The van der Waals surface area contributed by atoms with E-state index in [0.717, 1.165) is 26.4 Å². The lowest BCUT2D eigenvalue weighted by atomic mass is 10.1. The Balaban J connectivity index is 1.87. The van der Waals surface area contributed by atoms with E-state index in [1.165, 1.54) is 23.1 Å². The van der Waals surface area contributed by atoms with Crippen LogP contribution in [0.1, 0.15) is 33.7 Å². The summed E-state index contributed by atoms with van der Waals surface area (Å²) in [5.41, 5.74) is 2.86. The number of Topliss-reactive ketones (excluding diaryl/α,β-unsaturated/α-hetero) is 1. The summed E-state index contributed by atoms with van der Waals surface area (Å²) in [6.07, 6.45) is 0. The van der Waals surface area contributed by atoms with Gasteiger partial charge in [0.05, 0.1) is 17.2 Å². The number of carbonyl (C=O) groups excluding carboxylic acids is 1. The van der Waals surface area contributed by atoms with Crippen molar-refractivity contribution in [2.75, 3.05) is 0 Å². The first-order chi connectivity index (χ1) is 14.5. The molecule has 1 unspecified atom stereocenters. The van der Waals surface area contributed by atoms with Gasteiger partial charge in [-0.2, -0.15) is 0 Å². The molecule has 0 aliphatic carbocycles. The van der Waals surface area contributed by atoms with Crippen LogP contribution in [0.15, 0.2) is 70.6 Å². The van der Waals surface area contributed by atoms with Crippen molar-refractivity contribution in [2.24, 2.45) is 0 Å². The van der Waals surface area contributed by atoms with Crippen molar-refractivity contribution in [1.29, 1.82) is 0 Å². The van der Waals surface area contributed by atoms with Crippen molar-refractivity contribution in [3.05, 3.63) is 92.6 Å². The van der Waals surface area contributed by atoms with E-state index in [4.69, 9.17) is 4.98 Å². The Hall–Kier alpha value is -2.70. The molecule has 0 saturated heterocycles. The fourth-order valence-corrected chi connectivity index (χ4v) is 5.59. The van der Waals surface area contributed by atoms with E-state index in [1.807, 2.05) is 74.5 Å². The van der Waals surface area contributed by atoms with Crippen LogP contribution < -0.4 is 5.56 Å². The zero-order valence-corrected chi connectivity index (χ0v) is 18.7. The smallest absolute Gasteiger partial charge is 0.263 e. The summed E-state index contributed by atoms with van der Waals surface area (Å²) in [7, 11) is 0. The van der Waals surface area contributed by atoms with Crippen LogP contribution in [0, 0.1) is 13.8 Å². The summed E-state index contributed by atoms with van der Waals surface area (Å²) in [4.78, 5) is 32.7. The number of hydrogen-bond acceptors (Lipinski definition) is 5. The zero-order valence-electron chi connectivity index (χ0n) is 17.1. The number of thioether (sulfide) groups is 1. The molecule has 30 heavy (non-hydrogen) atoms. The van der Waals surface area contributed by atoms with Gasteiger partial charge in [-0.05, 0) is 37.5 Å². The van der Waals surface area contributed by atoms with Crippen LogP contribution in [-0.4, -0.2) is 15.3 Å². The van der Waals surface area contributed by atoms with E-state index in [1.54, 1.807) is 11.5 Å². The van der Waals surface area contributed by atoms with Crippen molar-refractivity contribution < 1.29 is 4.79 Å². The zero-order chi connectivity index (χ0) is 21.3. The molecular formula is C24H22N2O2S2. The van der Waals surface area contributed by atoms with Crippen molar-refractivity contribution in [2.45, 2.75) is 37.7 Å². The maximum absolute atomic E-state index is 13.5. The predicted molar refractivity (Wildman–Crippen MR) is 125 cm³/mol. The van der Waals surface area contributed by atoms with Crippen LogP contribution in [0.5, 0.6) is 0 Å². The van der Waals surface area contributed by atoms with E-state index in [-0.39, 0.29) is 11.3 Å². The number of rotatable bonds is 6. The molecule has 0 radical (unpaired) electrons. The minimum atomic E-state index is -0.417. The number of aryl methyl sites for hydroxylation is 2. The highest BCUT2D eigenvalue weighted by molar-refractivity contribution is 8.00. The number of aromatic nitrogens is 2. The van der Waals surface area contributed by atoms with Crippen LogP contribution >= 0.6 is 23.1 Å². The Kier molecular flexibility index (Phi) is 5.88. The van der Waals surface area contributed by atoms with Gasteiger partial charge in [0.1, 0.15) is 10.6 Å². The molecule has 2 heterocycles. The van der Waals surface area contributed by atoms with E-state index in [0.29, 0.717) is 17.1 Å². The second-order valence-corrected chi connectivity index (χ2v) is 9.53. The van der Waals surface area contributed by atoms with Gasteiger partial charge in [-0.1, -0.05) is 72.4 Å². The lowest BCUT2D eigenvalue weighted by molar-refractivity contribution is -0.116. The maximum atomic E-state index is 13.5. The van der Waals surface area contributed by atoms with Crippen molar-refractivity contribution in [3.8, 4) is 0 Å². The van der Waals surface area contributed by atoms with Crippen LogP contribution in [0.25, 0.3) is 10.2 Å². The first-order valence-corrected chi connectivity index (χ1v) is 11.4. The highest BCUT2D eigenvalue weighted by atomic mass is 32.2. The molecule has 2 aromatic heterocycles. The van der Waals surface area contributed by atoms with Crippen LogP contribution in [0.2, 0.25) is 0 Å². The van der Waals surface area contributed by atoms with Crippen LogP contribution in [0.3, 0.4) is 0 Å². The lowest BCUT2D eigenvalue weighted by Gasteiger charge is -2.17. The molecule has 152 valence electrons. The van der Waals surface area contributed by atoms with Crippen LogP contribution in [0.4, 0.5) is 0 Å². The Morgan fingerprint density at radius 1 is 1.07 bits per heavy atom. The number of carbonyl (C=O) groups is 1. The molecule has 0 fully saturated rings. The molecule has 1 atom stereocenters. The summed E-state index contributed by atoms with van der Waals surface area (Å²) in [5.74, 6) is 0.0327. The third-order valence-electron chi connectivity index (χ3n) is 5.13. The highest BCUT2D eigenvalue weighted by Gasteiger charge is 2.23. The van der Waals surface area contributed by atoms with Gasteiger partial charge in [0.25, 0.3) is 5.56 Å².